The molecule has 4 unspecified atom stereocenters. The molecule has 2 N–H and O–H groups in total. The van der Waals surface area contributed by atoms with E-state index in [9.17, 15) is 23.4 Å². The van der Waals surface area contributed by atoms with Crippen LogP contribution in [0.5, 0.6) is 0 Å². The van der Waals surface area contributed by atoms with E-state index in [1.165, 1.54) is 0 Å². The van der Waals surface area contributed by atoms with Gasteiger partial charge in [0.15, 0.2) is 9.84 Å². The molecule has 0 aromatic heterocycles. The van der Waals surface area contributed by atoms with E-state index in [2.05, 4.69) is 0 Å². The smallest absolute Gasteiger partial charge is 0.320 e. The highest BCUT2D eigenvalue weighted by molar-refractivity contribution is 7.91. The quantitative estimate of drug-likeness (QED) is 0.742. The Morgan fingerprint density at radius 1 is 1.37 bits per heavy atom. The Morgan fingerprint density at radius 2 is 2.05 bits per heavy atom. The molecule has 0 amide bonds. The largest absolute Gasteiger partial charge is 0.480 e. The molecule has 7 heteroatoms. The Kier molecular flexibility index (Phi) is 4.17. The van der Waals surface area contributed by atoms with Crippen LogP contribution in [0, 0.1) is 5.92 Å². The zero-order valence-corrected chi connectivity index (χ0v) is 11.8. The first-order valence-corrected chi connectivity index (χ1v) is 8.53. The lowest BCUT2D eigenvalue weighted by Crippen LogP contribution is -2.55. The van der Waals surface area contributed by atoms with Crippen molar-refractivity contribution in [3.8, 4) is 0 Å². The van der Waals surface area contributed by atoms with E-state index in [-0.39, 0.29) is 11.5 Å². The van der Waals surface area contributed by atoms with Gasteiger partial charge in [0.25, 0.3) is 0 Å². The summed E-state index contributed by atoms with van der Waals surface area (Å²) in [5.74, 6) is -0.936. The van der Waals surface area contributed by atoms with Gasteiger partial charge in [-0.15, -0.1) is 0 Å². The SMILES string of the molecule is CCC1CCN(C2CS(=O)(=O)CC2O)C(C(=O)O)C1. The number of carboxylic acids is 1. The van der Waals surface area contributed by atoms with E-state index in [0.717, 1.165) is 12.8 Å². The highest BCUT2D eigenvalue weighted by atomic mass is 32.2. The maximum absolute atomic E-state index is 11.6. The van der Waals surface area contributed by atoms with Crippen molar-refractivity contribution in [1.82, 2.24) is 4.90 Å². The zero-order chi connectivity index (χ0) is 14.2. The molecule has 2 aliphatic heterocycles. The molecule has 0 aromatic rings. The van der Waals surface area contributed by atoms with Gasteiger partial charge in [-0.25, -0.2) is 8.42 Å². The first-order chi connectivity index (χ1) is 8.84. The van der Waals surface area contributed by atoms with Crippen LogP contribution < -0.4 is 0 Å². The summed E-state index contributed by atoms with van der Waals surface area (Å²) in [5.41, 5.74) is 0. The number of sulfone groups is 1. The Morgan fingerprint density at radius 3 is 2.53 bits per heavy atom. The highest BCUT2D eigenvalue weighted by Gasteiger charge is 2.45. The molecule has 2 saturated heterocycles. The predicted molar refractivity (Wildman–Crippen MR) is 69.6 cm³/mol. The van der Waals surface area contributed by atoms with Crippen LogP contribution in [-0.2, 0) is 14.6 Å². The predicted octanol–water partition coefficient (Wildman–Crippen LogP) is -0.280. The fraction of sp³-hybridized carbons (Fsp3) is 0.917. The van der Waals surface area contributed by atoms with Crippen molar-refractivity contribution in [2.75, 3.05) is 18.1 Å². The van der Waals surface area contributed by atoms with Crippen LogP contribution in [0.2, 0.25) is 0 Å². The number of hydrogen-bond acceptors (Lipinski definition) is 5. The minimum absolute atomic E-state index is 0.130. The van der Waals surface area contributed by atoms with Crippen molar-refractivity contribution in [3.05, 3.63) is 0 Å². The fourth-order valence-corrected chi connectivity index (χ4v) is 5.01. The highest BCUT2D eigenvalue weighted by Crippen LogP contribution is 2.30. The van der Waals surface area contributed by atoms with E-state index in [1.54, 1.807) is 4.90 Å². The van der Waals surface area contributed by atoms with Crippen LogP contribution in [0.25, 0.3) is 0 Å². The molecule has 0 spiro atoms. The van der Waals surface area contributed by atoms with Gasteiger partial charge >= 0.3 is 5.97 Å². The lowest BCUT2D eigenvalue weighted by Gasteiger charge is -2.41. The summed E-state index contributed by atoms with van der Waals surface area (Å²) in [7, 11) is -3.25. The Hall–Kier alpha value is -0.660. The lowest BCUT2D eigenvalue weighted by molar-refractivity contribution is -0.147. The average Bonchev–Trinajstić information content (AvgIpc) is 2.61. The summed E-state index contributed by atoms with van der Waals surface area (Å²) in [5, 5.41) is 19.2. The van der Waals surface area contributed by atoms with Crippen molar-refractivity contribution >= 4 is 15.8 Å². The lowest BCUT2D eigenvalue weighted by atomic mass is 9.87. The van der Waals surface area contributed by atoms with Crippen molar-refractivity contribution in [2.24, 2.45) is 5.92 Å². The second-order valence-corrected chi connectivity index (χ2v) is 7.76. The van der Waals surface area contributed by atoms with E-state index in [4.69, 9.17) is 0 Å². The molecule has 2 aliphatic rings. The summed E-state index contributed by atoms with van der Waals surface area (Å²) in [6.45, 7) is 2.58. The van der Waals surface area contributed by atoms with Gasteiger partial charge in [-0.3, -0.25) is 9.69 Å². The minimum atomic E-state index is -3.25. The molecule has 110 valence electrons. The molecule has 0 aliphatic carbocycles. The molecular weight excluding hydrogens is 270 g/mol. The fourth-order valence-electron chi connectivity index (χ4n) is 3.19. The summed E-state index contributed by atoms with van der Waals surface area (Å²) < 4.78 is 23.1. The molecule has 4 atom stereocenters. The van der Waals surface area contributed by atoms with Gasteiger partial charge in [-0.2, -0.15) is 0 Å². The first-order valence-electron chi connectivity index (χ1n) is 6.71. The van der Waals surface area contributed by atoms with E-state index >= 15 is 0 Å². The second kappa shape index (κ2) is 5.38. The minimum Gasteiger partial charge on any atom is -0.480 e. The number of likely N-dealkylation sites (tertiary alicyclic amines) is 1. The van der Waals surface area contributed by atoms with E-state index in [0.29, 0.717) is 18.9 Å². The van der Waals surface area contributed by atoms with Gasteiger partial charge in [-0.05, 0) is 25.3 Å². The summed E-state index contributed by atoms with van der Waals surface area (Å²) >= 11 is 0. The van der Waals surface area contributed by atoms with Crippen LogP contribution in [0.1, 0.15) is 26.2 Å². The number of aliphatic hydroxyl groups is 1. The Balaban J connectivity index is 2.16. The number of aliphatic hydroxyl groups excluding tert-OH is 1. The van der Waals surface area contributed by atoms with E-state index < -0.39 is 34.0 Å². The monoisotopic (exact) mass is 291 g/mol. The number of nitrogens with zero attached hydrogens (tertiary/aromatic N) is 1. The van der Waals surface area contributed by atoms with Gasteiger partial charge in [0.2, 0.25) is 0 Å². The Bertz CT molecular complexity index is 449. The normalized spacial score (nSPS) is 39.3. The van der Waals surface area contributed by atoms with Crippen molar-refractivity contribution in [1.29, 1.82) is 0 Å². The van der Waals surface area contributed by atoms with E-state index in [1.807, 2.05) is 6.92 Å². The Labute approximate surface area is 113 Å². The number of carboxylic acid groups (broad SMARTS) is 1. The molecule has 19 heavy (non-hydrogen) atoms. The molecule has 0 aromatic carbocycles. The summed E-state index contributed by atoms with van der Waals surface area (Å²) in [6, 6.07) is -1.24. The zero-order valence-electron chi connectivity index (χ0n) is 11.0. The summed E-state index contributed by atoms with van der Waals surface area (Å²) in [6.07, 6.45) is 1.37. The van der Waals surface area contributed by atoms with Crippen LogP contribution in [0.4, 0.5) is 0 Å². The topological polar surface area (TPSA) is 94.9 Å². The third-order valence-electron chi connectivity index (χ3n) is 4.33. The number of piperidine rings is 1. The maximum Gasteiger partial charge on any atom is 0.320 e. The van der Waals surface area contributed by atoms with Crippen LogP contribution in [0.15, 0.2) is 0 Å². The molecular formula is C12H21NO5S. The van der Waals surface area contributed by atoms with Gasteiger partial charge in [0.05, 0.1) is 23.7 Å². The number of carbonyl (C=O) groups is 1. The molecule has 0 radical (unpaired) electrons. The number of aliphatic carboxylic acids is 1. The molecule has 6 nitrogen and oxygen atoms in total. The van der Waals surface area contributed by atoms with Gasteiger partial charge in [0, 0.05) is 0 Å². The van der Waals surface area contributed by atoms with Crippen LogP contribution in [-0.4, -0.2) is 65.7 Å². The number of rotatable bonds is 3. The van der Waals surface area contributed by atoms with Crippen molar-refractivity contribution < 1.29 is 23.4 Å². The molecule has 2 heterocycles. The standard InChI is InChI=1S/C12H21NO5S/c1-2-8-3-4-13(9(5-8)12(15)16)10-6-19(17,18)7-11(10)14/h8-11,14H,2-7H2,1H3,(H,15,16). The third-order valence-corrected chi connectivity index (χ3v) is 6.03. The molecule has 0 bridgehead atoms. The van der Waals surface area contributed by atoms with Crippen molar-refractivity contribution in [2.45, 2.75) is 44.4 Å². The van der Waals surface area contributed by atoms with Crippen molar-refractivity contribution in [3.63, 3.8) is 0 Å². The first kappa shape index (κ1) is 14.7. The summed E-state index contributed by atoms with van der Waals surface area (Å²) in [4.78, 5) is 13.1. The third kappa shape index (κ3) is 3.09. The maximum atomic E-state index is 11.6. The molecule has 0 saturated carbocycles. The van der Waals surface area contributed by atoms with Crippen LogP contribution >= 0.6 is 0 Å². The van der Waals surface area contributed by atoms with Gasteiger partial charge < -0.3 is 10.2 Å². The number of hydrogen-bond donors (Lipinski definition) is 2. The van der Waals surface area contributed by atoms with Crippen LogP contribution in [0.3, 0.4) is 0 Å². The average molecular weight is 291 g/mol. The molecule has 2 fully saturated rings. The van der Waals surface area contributed by atoms with Gasteiger partial charge in [-0.1, -0.05) is 13.3 Å². The molecule has 2 rings (SSSR count). The van der Waals surface area contributed by atoms with Gasteiger partial charge in [0.1, 0.15) is 6.04 Å². The second-order valence-electron chi connectivity index (χ2n) is 5.60.